The molecule has 1 N–H and O–H groups in total. The van der Waals surface area contributed by atoms with E-state index in [9.17, 15) is 9.59 Å². The number of nitrogens with one attached hydrogen (secondary N) is 1. The summed E-state index contributed by atoms with van der Waals surface area (Å²) in [7, 11) is 0. The first-order valence-corrected chi connectivity index (χ1v) is 11.1. The third kappa shape index (κ3) is 3.21. The summed E-state index contributed by atoms with van der Waals surface area (Å²) in [6, 6.07) is 13.7. The fourth-order valence-electron chi connectivity index (χ4n) is 4.38. The maximum absolute atomic E-state index is 13.3. The van der Waals surface area contributed by atoms with Gasteiger partial charge in [0.05, 0.1) is 5.39 Å². The number of amides is 1. The van der Waals surface area contributed by atoms with Gasteiger partial charge in [0.15, 0.2) is 0 Å². The van der Waals surface area contributed by atoms with E-state index in [1.807, 2.05) is 42.5 Å². The summed E-state index contributed by atoms with van der Waals surface area (Å²) in [6.45, 7) is 4.01. The quantitative estimate of drug-likeness (QED) is 0.526. The summed E-state index contributed by atoms with van der Waals surface area (Å²) in [5, 5.41) is 5.73. The Hall–Kier alpha value is -2.99. The number of aryl methyl sites for hydroxylation is 2. The number of thiophene rings is 1. The molecule has 0 radical (unpaired) electrons. The molecule has 6 heteroatoms. The van der Waals surface area contributed by atoms with Gasteiger partial charge in [-0.3, -0.25) is 14.2 Å². The summed E-state index contributed by atoms with van der Waals surface area (Å²) in [5.74, 6) is 0.989. The summed E-state index contributed by atoms with van der Waals surface area (Å²) in [6.07, 6.45) is 3.02. The summed E-state index contributed by atoms with van der Waals surface area (Å²) < 4.78 is 1.51. The molecule has 2 heterocycles. The average Bonchev–Trinajstić information content (AvgIpc) is 3.08. The molecule has 30 heavy (non-hydrogen) atoms. The highest BCUT2D eigenvalue weighted by Gasteiger charge is 2.24. The van der Waals surface area contributed by atoms with Gasteiger partial charge in [-0.1, -0.05) is 43.3 Å². The van der Waals surface area contributed by atoms with Crippen LogP contribution in [0.3, 0.4) is 0 Å². The summed E-state index contributed by atoms with van der Waals surface area (Å²) >= 11 is 1.64. The van der Waals surface area contributed by atoms with Crippen LogP contribution >= 0.6 is 11.3 Å². The van der Waals surface area contributed by atoms with Gasteiger partial charge in [-0.2, -0.15) is 0 Å². The number of fused-ring (bicyclic) bond motifs is 4. The highest BCUT2D eigenvalue weighted by Crippen LogP contribution is 2.35. The lowest BCUT2D eigenvalue weighted by atomic mass is 9.89. The third-order valence-electron chi connectivity index (χ3n) is 5.97. The molecular formula is C24H23N3O2S. The molecule has 0 fully saturated rings. The predicted molar refractivity (Wildman–Crippen MR) is 122 cm³/mol. The lowest BCUT2D eigenvalue weighted by Crippen LogP contribution is -2.30. The van der Waals surface area contributed by atoms with E-state index in [1.54, 1.807) is 18.3 Å². The Morgan fingerprint density at radius 2 is 2.03 bits per heavy atom. The molecule has 5 rings (SSSR count). The van der Waals surface area contributed by atoms with Crippen LogP contribution in [0.25, 0.3) is 21.0 Å². The molecule has 0 bridgehead atoms. The normalized spacial score (nSPS) is 16.0. The predicted octanol–water partition coefficient (Wildman–Crippen LogP) is 4.68. The van der Waals surface area contributed by atoms with Crippen LogP contribution in [0.5, 0.6) is 0 Å². The topological polar surface area (TPSA) is 64.0 Å². The Bertz CT molecular complexity index is 1350. The number of hydrogen-bond donors (Lipinski definition) is 1. The highest BCUT2D eigenvalue weighted by atomic mass is 32.1. The van der Waals surface area contributed by atoms with Crippen LogP contribution in [-0.4, -0.2) is 15.5 Å². The first-order valence-electron chi connectivity index (χ1n) is 10.3. The molecule has 5 nitrogen and oxygen atoms in total. The van der Waals surface area contributed by atoms with Crippen molar-refractivity contribution in [1.29, 1.82) is 0 Å². The van der Waals surface area contributed by atoms with Crippen molar-refractivity contribution in [1.82, 2.24) is 9.55 Å². The average molecular weight is 418 g/mol. The van der Waals surface area contributed by atoms with E-state index in [1.165, 1.54) is 9.44 Å². The third-order valence-corrected chi connectivity index (χ3v) is 7.12. The van der Waals surface area contributed by atoms with Crippen LogP contribution in [-0.2, 0) is 24.2 Å². The van der Waals surface area contributed by atoms with E-state index in [2.05, 4.69) is 17.2 Å². The first kappa shape index (κ1) is 19.0. The fraction of sp³-hybridized carbons (Fsp3) is 0.292. The van der Waals surface area contributed by atoms with Gasteiger partial charge in [0.1, 0.15) is 17.2 Å². The molecular weight excluding hydrogens is 394 g/mol. The van der Waals surface area contributed by atoms with E-state index >= 15 is 0 Å². The summed E-state index contributed by atoms with van der Waals surface area (Å²) in [4.78, 5) is 32.9. The van der Waals surface area contributed by atoms with Crippen LogP contribution in [0.1, 0.15) is 29.6 Å². The van der Waals surface area contributed by atoms with Gasteiger partial charge in [-0.25, -0.2) is 4.98 Å². The van der Waals surface area contributed by atoms with Gasteiger partial charge in [0.25, 0.3) is 5.56 Å². The zero-order valence-electron chi connectivity index (χ0n) is 17.1. The second kappa shape index (κ2) is 7.36. The number of carbonyl (C=O) groups excluding carboxylic acids is 1. The maximum atomic E-state index is 13.3. The van der Waals surface area contributed by atoms with Crippen LogP contribution < -0.4 is 10.9 Å². The molecule has 2 aromatic heterocycles. The van der Waals surface area contributed by atoms with Crippen molar-refractivity contribution in [3.05, 3.63) is 69.1 Å². The fourth-order valence-corrected chi connectivity index (χ4v) is 5.80. The van der Waals surface area contributed by atoms with Gasteiger partial charge in [0, 0.05) is 16.0 Å². The van der Waals surface area contributed by atoms with E-state index < -0.39 is 0 Å². The van der Waals surface area contributed by atoms with E-state index in [4.69, 9.17) is 0 Å². The van der Waals surface area contributed by atoms with Gasteiger partial charge in [-0.15, -0.1) is 11.3 Å². The van der Waals surface area contributed by atoms with E-state index in [-0.39, 0.29) is 18.0 Å². The number of carbonyl (C=O) groups is 1. The van der Waals surface area contributed by atoms with Crippen molar-refractivity contribution < 1.29 is 4.79 Å². The van der Waals surface area contributed by atoms with Crippen molar-refractivity contribution in [3.63, 3.8) is 0 Å². The molecule has 1 aliphatic carbocycles. The molecule has 1 unspecified atom stereocenters. The largest absolute Gasteiger partial charge is 0.324 e. The lowest BCUT2D eigenvalue weighted by molar-refractivity contribution is -0.116. The Morgan fingerprint density at radius 1 is 1.23 bits per heavy atom. The molecule has 0 saturated carbocycles. The Balaban J connectivity index is 1.49. The van der Waals surface area contributed by atoms with Crippen LogP contribution in [0, 0.1) is 12.8 Å². The minimum Gasteiger partial charge on any atom is -0.324 e. The highest BCUT2D eigenvalue weighted by molar-refractivity contribution is 7.18. The monoisotopic (exact) mass is 417 g/mol. The molecule has 1 aliphatic rings. The first-order chi connectivity index (χ1) is 14.5. The standard InChI is InChI=1S/C24H23N3O2S/c1-14-10-11-18-20(12-14)30-23-22(18)24(29)27(15(2)25-23)13-21(28)26-19-9-5-7-16-6-3-4-8-17(16)19/h3-9,14H,10-13H2,1-2H3,(H,26,28). The molecule has 4 aromatic rings. The van der Waals surface area contributed by atoms with Crippen LogP contribution in [0.2, 0.25) is 0 Å². The van der Waals surface area contributed by atoms with E-state index in [0.29, 0.717) is 17.1 Å². The molecule has 0 spiro atoms. The van der Waals surface area contributed by atoms with Crippen molar-refractivity contribution in [2.45, 2.75) is 39.7 Å². The van der Waals surface area contributed by atoms with Gasteiger partial charge in [-0.05, 0) is 49.1 Å². The summed E-state index contributed by atoms with van der Waals surface area (Å²) in [5.41, 5.74) is 1.80. The molecule has 2 aromatic carbocycles. The van der Waals surface area contributed by atoms with E-state index in [0.717, 1.165) is 46.1 Å². The number of anilines is 1. The van der Waals surface area contributed by atoms with Gasteiger partial charge in [0.2, 0.25) is 5.91 Å². The molecule has 0 aliphatic heterocycles. The molecule has 152 valence electrons. The van der Waals surface area contributed by atoms with Crippen molar-refractivity contribution in [3.8, 4) is 0 Å². The van der Waals surface area contributed by atoms with Crippen molar-refractivity contribution in [2.75, 3.05) is 5.32 Å². The van der Waals surface area contributed by atoms with Crippen LogP contribution in [0.4, 0.5) is 5.69 Å². The van der Waals surface area contributed by atoms with Crippen molar-refractivity contribution >= 4 is 43.9 Å². The smallest absolute Gasteiger partial charge is 0.263 e. The van der Waals surface area contributed by atoms with Crippen molar-refractivity contribution in [2.24, 2.45) is 5.92 Å². The SMILES string of the molecule is Cc1nc2sc3c(c2c(=O)n1CC(=O)Nc1cccc2ccccc12)CCC(C)C3. The Morgan fingerprint density at radius 3 is 2.90 bits per heavy atom. The number of benzene rings is 2. The zero-order chi connectivity index (χ0) is 20.8. The Labute approximate surface area is 178 Å². The lowest BCUT2D eigenvalue weighted by Gasteiger charge is -2.17. The number of aromatic nitrogens is 2. The second-order valence-corrected chi connectivity index (χ2v) is 9.24. The van der Waals surface area contributed by atoms with Gasteiger partial charge < -0.3 is 5.32 Å². The second-order valence-electron chi connectivity index (χ2n) is 8.16. The van der Waals surface area contributed by atoms with Crippen LogP contribution in [0.15, 0.2) is 47.3 Å². The molecule has 0 saturated heterocycles. The Kier molecular flexibility index (Phi) is 4.66. The van der Waals surface area contributed by atoms with Gasteiger partial charge >= 0.3 is 0 Å². The molecule has 1 atom stereocenters. The number of rotatable bonds is 3. The minimum absolute atomic E-state index is 0.0438. The zero-order valence-corrected chi connectivity index (χ0v) is 17.9. The number of nitrogens with zero attached hydrogens (tertiary/aromatic N) is 2. The minimum atomic E-state index is -0.226. The maximum Gasteiger partial charge on any atom is 0.263 e. The molecule has 1 amide bonds. The number of hydrogen-bond acceptors (Lipinski definition) is 4.